The average Bonchev–Trinajstić information content (AvgIpc) is 3.11. The lowest BCUT2D eigenvalue weighted by Crippen LogP contribution is -2.27. The number of nitrogens with one attached hydrogen (secondary N) is 1. The van der Waals surface area contributed by atoms with Crippen LogP contribution in [0.5, 0.6) is 0 Å². The number of thiophene rings is 1. The Morgan fingerprint density at radius 2 is 2.36 bits per heavy atom. The molecule has 3 heterocycles. The molecule has 0 spiro atoms. The highest BCUT2D eigenvalue weighted by Gasteiger charge is 2.17. The molecule has 3 rings (SSSR count). The Morgan fingerprint density at radius 1 is 1.45 bits per heavy atom. The molecule has 0 unspecified atom stereocenters. The van der Waals surface area contributed by atoms with Gasteiger partial charge < -0.3 is 9.88 Å². The van der Waals surface area contributed by atoms with Crippen LogP contribution in [0.15, 0.2) is 22.7 Å². The lowest BCUT2D eigenvalue weighted by Gasteiger charge is -2.12. The third-order valence-corrected chi connectivity index (χ3v) is 5.78. The highest BCUT2D eigenvalue weighted by atomic mass is 32.2. The van der Waals surface area contributed by atoms with Crippen LogP contribution in [0.1, 0.15) is 42.9 Å². The van der Waals surface area contributed by atoms with Gasteiger partial charge >= 0.3 is 0 Å². The second kappa shape index (κ2) is 7.28. The number of fused-ring (bicyclic) bond motifs is 1. The van der Waals surface area contributed by atoms with Crippen LogP contribution in [0.3, 0.4) is 0 Å². The van der Waals surface area contributed by atoms with Crippen LogP contribution in [-0.4, -0.2) is 26.4 Å². The third kappa shape index (κ3) is 3.70. The van der Waals surface area contributed by atoms with E-state index in [4.69, 9.17) is 0 Å². The summed E-state index contributed by atoms with van der Waals surface area (Å²) in [5, 5.41) is 14.4. The molecular formula is C15H20N4OS2. The van der Waals surface area contributed by atoms with E-state index in [1.807, 2.05) is 24.4 Å². The molecule has 2 aromatic rings. The van der Waals surface area contributed by atoms with Gasteiger partial charge in [0, 0.05) is 17.8 Å². The van der Waals surface area contributed by atoms with Gasteiger partial charge in [0.1, 0.15) is 5.82 Å². The fraction of sp³-hybridized carbons (Fsp3) is 0.533. The summed E-state index contributed by atoms with van der Waals surface area (Å²) in [6.45, 7) is 2.98. The molecule has 0 saturated carbocycles. The first-order valence-corrected chi connectivity index (χ1v) is 9.48. The lowest BCUT2D eigenvalue weighted by molar-refractivity contribution is -0.119. The molecule has 5 nitrogen and oxygen atoms in total. The Morgan fingerprint density at radius 3 is 3.18 bits per heavy atom. The molecule has 118 valence electrons. The van der Waals surface area contributed by atoms with Gasteiger partial charge in [0.05, 0.1) is 11.8 Å². The predicted octanol–water partition coefficient (Wildman–Crippen LogP) is 3.04. The Kier molecular flexibility index (Phi) is 5.15. The van der Waals surface area contributed by atoms with Crippen LogP contribution >= 0.6 is 23.1 Å². The van der Waals surface area contributed by atoms with Crippen molar-refractivity contribution < 1.29 is 4.79 Å². The van der Waals surface area contributed by atoms with E-state index < -0.39 is 0 Å². The molecular weight excluding hydrogens is 316 g/mol. The van der Waals surface area contributed by atoms with Crippen molar-refractivity contribution >= 4 is 29.0 Å². The topological polar surface area (TPSA) is 59.8 Å². The first-order chi connectivity index (χ1) is 10.7. The van der Waals surface area contributed by atoms with Gasteiger partial charge in [-0.15, -0.1) is 21.5 Å². The number of hydrogen-bond donors (Lipinski definition) is 1. The number of aryl methyl sites for hydroxylation is 1. The van der Waals surface area contributed by atoms with Crippen molar-refractivity contribution in [1.29, 1.82) is 0 Å². The zero-order valence-corrected chi connectivity index (χ0v) is 14.3. The van der Waals surface area contributed by atoms with Crippen LogP contribution in [-0.2, 0) is 17.8 Å². The summed E-state index contributed by atoms with van der Waals surface area (Å²) in [6, 6.07) is 4.10. The zero-order chi connectivity index (χ0) is 15.4. The van der Waals surface area contributed by atoms with Crippen molar-refractivity contribution in [2.75, 3.05) is 5.75 Å². The molecule has 0 aromatic carbocycles. The number of hydrogen-bond acceptors (Lipinski definition) is 5. The van der Waals surface area contributed by atoms with Crippen LogP contribution in [0.2, 0.25) is 0 Å². The fourth-order valence-corrected chi connectivity index (χ4v) is 4.12. The predicted molar refractivity (Wildman–Crippen MR) is 89.2 cm³/mol. The molecule has 1 aliphatic heterocycles. The summed E-state index contributed by atoms with van der Waals surface area (Å²) < 4.78 is 2.17. The molecule has 0 radical (unpaired) electrons. The second-order valence-electron chi connectivity index (χ2n) is 5.45. The molecule has 2 aromatic heterocycles. The summed E-state index contributed by atoms with van der Waals surface area (Å²) in [4.78, 5) is 13.3. The Bertz CT molecular complexity index is 624. The van der Waals surface area contributed by atoms with E-state index in [2.05, 4.69) is 20.1 Å². The number of carbonyl (C=O) groups is 1. The zero-order valence-electron chi connectivity index (χ0n) is 12.6. The van der Waals surface area contributed by atoms with Gasteiger partial charge in [-0.25, -0.2) is 0 Å². The highest BCUT2D eigenvalue weighted by molar-refractivity contribution is 7.99. The normalized spacial score (nSPS) is 15.9. The fourth-order valence-electron chi connectivity index (χ4n) is 2.59. The average molecular weight is 336 g/mol. The molecule has 7 heteroatoms. The maximum Gasteiger partial charge on any atom is 0.230 e. The summed E-state index contributed by atoms with van der Waals surface area (Å²) in [5.41, 5.74) is 0. The molecule has 0 saturated heterocycles. The van der Waals surface area contributed by atoms with Gasteiger partial charge in [-0.1, -0.05) is 24.2 Å². The van der Waals surface area contributed by atoms with Gasteiger partial charge in [0.15, 0.2) is 5.16 Å². The van der Waals surface area contributed by atoms with E-state index in [1.54, 1.807) is 11.3 Å². The number of aromatic nitrogens is 3. The molecule has 1 atom stereocenters. The van der Waals surface area contributed by atoms with Gasteiger partial charge in [0.25, 0.3) is 0 Å². The molecule has 22 heavy (non-hydrogen) atoms. The van der Waals surface area contributed by atoms with E-state index in [0.717, 1.165) is 23.9 Å². The van der Waals surface area contributed by atoms with Crippen LogP contribution in [0.4, 0.5) is 0 Å². The summed E-state index contributed by atoms with van der Waals surface area (Å²) >= 11 is 3.14. The minimum Gasteiger partial charge on any atom is -0.348 e. The van der Waals surface area contributed by atoms with Crippen molar-refractivity contribution in [2.24, 2.45) is 0 Å². The van der Waals surface area contributed by atoms with Crippen molar-refractivity contribution in [2.45, 2.75) is 50.4 Å². The minimum atomic E-state index is 0.0388. The quantitative estimate of drug-likeness (QED) is 0.853. The first kappa shape index (κ1) is 15.6. The van der Waals surface area contributed by atoms with Crippen molar-refractivity contribution in [3.63, 3.8) is 0 Å². The van der Waals surface area contributed by atoms with Crippen molar-refractivity contribution in [3.05, 3.63) is 28.2 Å². The summed E-state index contributed by atoms with van der Waals surface area (Å²) in [5.74, 6) is 1.48. The van der Waals surface area contributed by atoms with E-state index in [0.29, 0.717) is 5.75 Å². The van der Waals surface area contributed by atoms with Crippen LogP contribution in [0, 0.1) is 0 Å². The van der Waals surface area contributed by atoms with Crippen LogP contribution in [0.25, 0.3) is 0 Å². The molecule has 0 aliphatic carbocycles. The monoisotopic (exact) mass is 336 g/mol. The van der Waals surface area contributed by atoms with Crippen LogP contribution < -0.4 is 5.32 Å². The third-order valence-electron chi connectivity index (χ3n) is 3.76. The second-order valence-corrected chi connectivity index (χ2v) is 7.38. The van der Waals surface area contributed by atoms with E-state index in [-0.39, 0.29) is 11.9 Å². The molecule has 1 aliphatic rings. The molecule has 1 N–H and O–H groups in total. The van der Waals surface area contributed by atoms with E-state index in [1.165, 1.54) is 35.9 Å². The number of amides is 1. The maximum absolute atomic E-state index is 12.1. The summed E-state index contributed by atoms with van der Waals surface area (Å²) in [7, 11) is 0. The molecule has 1 amide bonds. The van der Waals surface area contributed by atoms with Gasteiger partial charge in [-0.3, -0.25) is 4.79 Å². The van der Waals surface area contributed by atoms with E-state index >= 15 is 0 Å². The number of nitrogens with zero attached hydrogens (tertiary/aromatic N) is 3. The molecule has 0 bridgehead atoms. The smallest absolute Gasteiger partial charge is 0.230 e. The Hall–Kier alpha value is -1.34. The van der Waals surface area contributed by atoms with Crippen molar-refractivity contribution in [3.8, 4) is 0 Å². The Balaban J connectivity index is 1.54. The lowest BCUT2D eigenvalue weighted by atomic mass is 10.2. The SMILES string of the molecule is C[C@H](NC(=O)CSc1nnc2n1CCCCC2)c1cccs1. The maximum atomic E-state index is 12.1. The molecule has 0 fully saturated rings. The first-order valence-electron chi connectivity index (χ1n) is 7.61. The van der Waals surface area contributed by atoms with Gasteiger partial charge in [0.2, 0.25) is 5.91 Å². The highest BCUT2D eigenvalue weighted by Crippen LogP contribution is 2.22. The standard InChI is InChI=1S/C15H20N4OS2/c1-11(12-6-5-9-21-12)16-14(20)10-22-15-18-17-13-7-3-2-4-8-19(13)15/h5-6,9,11H,2-4,7-8,10H2,1H3,(H,16,20)/t11-/m0/s1. The number of rotatable bonds is 5. The number of carbonyl (C=O) groups excluding carboxylic acids is 1. The van der Waals surface area contributed by atoms with Gasteiger partial charge in [-0.05, 0) is 31.2 Å². The minimum absolute atomic E-state index is 0.0388. The largest absolute Gasteiger partial charge is 0.348 e. The van der Waals surface area contributed by atoms with Gasteiger partial charge in [-0.2, -0.15) is 0 Å². The van der Waals surface area contributed by atoms with E-state index in [9.17, 15) is 4.79 Å². The summed E-state index contributed by atoms with van der Waals surface area (Å²) in [6.07, 6.45) is 4.59. The Labute approximate surface area is 138 Å². The number of thioether (sulfide) groups is 1. The van der Waals surface area contributed by atoms with Crippen molar-refractivity contribution in [1.82, 2.24) is 20.1 Å².